The van der Waals surface area contributed by atoms with Gasteiger partial charge >= 0.3 is 0 Å². The highest BCUT2D eigenvalue weighted by atomic mass is 32.2. The molecule has 3 N–H and O–H groups in total. The quantitative estimate of drug-likeness (QED) is 0.590. The van der Waals surface area contributed by atoms with E-state index in [1.807, 2.05) is 19.1 Å². The summed E-state index contributed by atoms with van der Waals surface area (Å²) in [7, 11) is 0. The average molecular weight is 276 g/mol. The van der Waals surface area contributed by atoms with Gasteiger partial charge in [-0.3, -0.25) is 4.79 Å². The fourth-order valence-corrected chi connectivity index (χ4v) is 2.59. The van der Waals surface area contributed by atoms with Crippen LogP contribution in [0.2, 0.25) is 0 Å². The van der Waals surface area contributed by atoms with E-state index in [9.17, 15) is 4.79 Å². The first kappa shape index (κ1) is 15.6. The number of nitrogens with two attached hydrogens (primary N) is 1. The molecule has 0 bridgehead atoms. The Bertz CT molecular complexity index is 467. The minimum Gasteiger partial charge on any atom is -0.368 e. The number of carbonyl (C=O) groups excluding carboxylic acids is 1. The summed E-state index contributed by atoms with van der Waals surface area (Å²) in [5.41, 5.74) is 6.58. The molecule has 0 fully saturated rings. The lowest BCUT2D eigenvalue weighted by Gasteiger charge is -2.20. The van der Waals surface area contributed by atoms with E-state index in [-0.39, 0.29) is 6.04 Å². The number of rotatable bonds is 7. The third kappa shape index (κ3) is 4.98. The van der Waals surface area contributed by atoms with Gasteiger partial charge in [0.2, 0.25) is 5.91 Å². The number of primary amides is 1. The van der Waals surface area contributed by atoms with Crippen LogP contribution in [0, 0.1) is 12.3 Å². The molecule has 0 heterocycles. The van der Waals surface area contributed by atoms with Crippen molar-refractivity contribution in [3.8, 4) is 12.3 Å². The number of nitrogens with one attached hydrogen (secondary N) is 1. The highest BCUT2D eigenvalue weighted by Gasteiger charge is 2.17. The maximum atomic E-state index is 11.3. The standard InChI is InChI=1S/C15H20N2OS/c1-4-7-13(15(16)18)17-11(2)10-12-8-5-6-9-14(12)19-3/h1,5-6,8-9,11,13,17H,7,10H2,2-3H3,(H2,16,18). The van der Waals surface area contributed by atoms with Crippen LogP contribution in [0.3, 0.4) is 0 Å². The highest BCUT2D eigenvalue weighted by Crippen LogP contribution is 2.21. The SMILES string of the molecule is C#CCC(NC(C)Cc1ccccc1SC)C(N)=O. The molecule has 0 radical (unpaired) electrons. The Morgan fingerprint density at radius 3 is 2.79 bits per heavy atom. The first-order valence-electron chi connectivity index (χ1n) is 6.19. The van der Waals surface area contributed by atoms with Gasteiger partial charge in [0.1, 0.15) is 0 Å². The van der Waals surface area contributed by atoms with Gasteiger partial charge in [-0.05, 0) is 31.2 Å². The number of benzene rings is 1. The van der Waals surface area contributed by atoms with E-state index in [0.29, 0.717) is 6.42 Å². The molecule has 0 aliphatic heterocycles. The van der Waals surface area contributed by atoms with Gasteiger partial charge in [-0.15, -0.1) is 24.1 Å². The van der Waals surface area contributed by atoms with E-state index in [1.165, 1.54) is 10.5 Å². The van der Waals surface area contributed by atoms with E-state index < -0.39 is 11.9 Å². The van der Waals surface area contributed by atoms with Gasteiger partial charge in [0.25, 0.3) is 0 Å². The summed E-state index contributed by atoms with van der Waals surface area (Å²) in [6.07, 6.45) is 8.46. The number of thioether (sulfide) groups is 1. The average Bonchev–Trinajstić information content (AvgIpc) is 2.38. The van der Waals surface area contributed by atoms with Gasteiger partial charge in [0, 0.05) is 17.4 Å². The number of terminal acetylenes is 1. The summed E-state index contributed by atoms with van der Waals surface area (Å²) < 4.78 is 0. The first-order valence-corrected chi connectivity index (χ1v) is 7.41. The molecule has 0 aromatic heterocycles. The van der Waals surface area contributed by atoms with Gasteiger partial charge in [0.05, 0.1) is 6.04 Å². The molecule has 3 nitrogen and oxygen atoms in total. The zero-order valence-electron chi connectivity index (χ0n) is 11.3. The molecule has 0 spiro atoms. The Morgan fingerprint density at radius 2 is 2.21 bits per heavy atom. The minimum absolute atomic E-state index is 0.138. The number of hydrogen-bond donors (Lipinski definition) is 2. The van der Waals surface area contributed by atoms with E-state index in [1.54, 1.807) is 11.8 Å². The largest absolute Gasteiger partial charge is 0.368 e. The molecule has 0 aliphatic rings. The smallest absolute Gasteiger partial charge is 0.235 e. The van der Waals surface area contributed by atoms with Gasteiger partial charge < -0.3 is 11.1 Å². The highest BCUT2D eigenvalue weighted by molar-refractivity contribution is 7.98. The lowest BCUT2D eigenvalue weighted by atomic mass is 10.1. The van der Waals surface area contributed by atoms with Crippen LogP contribution >= 0.6 is 11.8 Å². The second-order valence-electron chi connectivity index (χ2n) is 4.45. The number of amides is 1. The van der Waals surface area contributed by atoms with Crippen molar-refractivity contribution >= 4 is 17.7 Å². The molecular weight excluding hydrogens is 256 g/mol. The molecule has 0 aliphatic carbocycles. The fraction of sp³-hybridized carbons (Fsp3) is 0.400. The molecule has 102 valence electrons. The van der Waals surface area contributed by atoms with Crippen molar-refractivity contribution in [2.75, 3.05) is 6.26 Å². The number of carbonyl (C=O) groups is 1. The van der Waals surface area contributed by atoms with Crippen molar-refractivity contribution in [1.29, 1.82) is 0 Å². The molecule has 1 amide bonds. The molecular formula is C15H20N2OS. The third-order valence-electron chi connectivity index (χ3n) is 2.87. The summed E-state index contributed by atoms with van der Waals surface area (Å²) in [5.74, 6) is 2.07. The zero-order chi connectivity index (χ0) is 14.3. The van der Waals surface area contributed by atoms with Gasteiger partial charge in [-0.1, -0.05) is 18.2 Å². The van der Waals surface area contributed by atoms with E-state index in [2.05, 4.69) is 29.6 Å². The normalized spacial score (nSPS) is 13.5. The Labute approximate surface area is 119 Å². The van der Waals surface area contributed by atoms with Crippen LogP contribution in [-0.2, 0) is 11.2 Å². The Kier molecular flexibility index (Phi) is 6.48. The number of hydrogen-bond acceptors (Lipinski definition) is 3. The summed E-state index contributed by atoms with van der Waals surface area (Å²) in [6, 6.07) is 7.93. The fourth-order valence-electron chi connectivity index (χ4n) is 1.96. The second-order valence-corrected chi connectivity index (χ2v) is 5.29. The van der Waals surface area contributed by atoms with Crippen molar-refractivity contribution in [3.05, 3.63) is 29.8 Å². The van der Waals surface area contributed by atoms with Crippen LogP contribution < -0.4 is 11.1 Å². The van der Waals surface area contributed by atoms with E-state index in [4.69, 9.17) is 12.2 Å². The molecule has 2 unspecified atom stereocenters. The summed E-state index contributed by atoms with van der Waals surface area (Å²) in [5, 5.41) is 3.19. The van der Waals surface area contributed by atoms with Crippen molar-refractivity contribution < 1.29 is 4.79 Å². The molecule has 0 saturated heterocycles. The molecule has 19 heavy (non-hydrogen) atoms. The third-order valence-corrected chi connectivity index (χ3v) is 3.71. The topological polar surface area (TPSA) is 55.1 Å². The minimum atomic E-state index is -0.457. The van der Waals surface area contributed by atoms with Crippen LogP contribution in [-0.4, -0.2) is 24.2 Å². The Balaban J connectivity index is 2.66. The van der Waals surface area contributed by atoms with Crippen LogP contribution in [0.25, 0.3) is 0 Å². The molecule has 0 saturated carbocycles. The maximum Gasteiger partial charge on any atom is 0.235 e. The van der Waals surface area contributed by atoms with Crippen LogP contribution in [0.1, 0.15) is 18.9 Å². The maximum absolute atomic E-state index is 11.3. The van der Waals surface area contributed by atoms with Crippen molar-refractivity contribution in [3.63, 3.8) is 0 Å². The van der Waals surface area contributed by atoms with Crippen LogP contribution in [0.4, 0.5) is 0 Å². The zero-order valence-corrected chi connectivity index (χ0v) is 12.2. The van der Waals surface area contributed by atoms with Crippen molar-refractivity contribution in [2.24, 2.45) is 5.73 Å². The summed E-state index contributed by atoms with van der Waals surface area (Å²) in [6.45, 7) is 2.03. The van der Waals surface area contributed by atoms with Gasteiger partial charge in [-0.2, -0.15) is 0 Å². The van der Waals surface area contributed by atoms with E-state index in [0.717, 1.165) is 6.42 Å². The van der Waals surface area contributed by atoms with Gasteiger partial charge in [0.15, 0.2) is 0 Å². The predicted octanol–water partition coefficient (Wildman–Crippen LogP) is 1.81. The van der Waals surface area contributed by atoms with E-state index >= 15 is 0 Å². The molecule has 1 aromatic rings. The second kappa shape index (κ2) is 7.88. The molecule has 1 rings (SSSR count). The molecule has 4 heteroatoms. The summed E-state index contributed by atoms with van der Waals surface area (Å²) in [4.78, 5) is 12.5. The van der Waals surface area contributed by atoms with Crippen molar-refractivity contribution in [1.82, 2.24) is 5.32 Å². The van der Waals surface area contributed by atoms with Crippen LogP contribution in [0.5, 0.6) is 0 Å². The Morgan fingerprint density at radius 1 is 1.53 bits per heavy atom. The van der Waals surface area contributed by atoms with Crippen molar-refractivity contribution in [2.45, 2.75) is 36.7 Å². The predicted molar refractivity (Wildman–Crippen MR) is 81.0 cm³/mol. The van der Waals surface area contributed by atoms with Crippen LogP contribution in [0.15, 0.2) is 29.2 Å². The Hall–Kier alpha value is -1.44. The molecule has 2 atom stereocenters. The first-order chi connectivity index (χ1) is 9.08. The van der Waals surface area contributed by atoms with Gasteiger partial charge in [-0.25, -0.2) is 0 Å². The molecule has 1 aromatic carbocycles. The lowest BCUT2D eigenvalue weighted by Crippen LogP contribution is -2.46. The monoisotopic (exact) mass is 276 g/mol. The lowest BCUT2D eigenvalue weighted by molar-refractivity contribution is -0.120. The summed E-state index contributed by atoms with van der Waals surface area (Å²) >= 11 is 1.72.